The molecule has 2 aliphatic rings. The lowest BCUT2D eigenvalue weighted by Gasteiger charge is -2.21. The molecule has 2 aliphatic carbocycles. The van der Waals surface area contributed by atoms with Crippen LogP contribution in [0, 0.1) is 17.6 Å². The van der Waals surface area contributed by atoms with E-state index in [4.69, 9.17) is 0 Å². The molecule has 0 aromatic heterocycles. The van der Waals surface area contributed by atoms with Crippen LogP contribution >= 0.6 is 0 Å². The van der Waals surface area contributed by atoms with Gasteiger partial charge in [0.05, 0.1) is 25.7 Å². The molecular formula is C36H40F2O9. The van der Waals surface area contributed by atoms with E-state index in [-0.39, 0.29) is 43.0 Å². The second-order valence-electron chi connectivity index (χ2n) is 10.4. The van der Waals surface area contributed by atoms with E-state index in [0.717, 1.165) is 30.4 Å². The van der Waals surface area contributed by atoms with Crippen molar-refractivity contribution in [3.8, 4) is 0 Å². The largest absolute Gasteiger partial charge is 0.460 e. The average molecular weight is 655 g/mol. The Morgan fingerprint density at radius 1 is 0.638 bits per heavy atom. The first-order valence-corrected chi connectivity index (χ1v) is 15.5. The highest BCUT2D eigenvalue weighted by Gasteiger charge is 2.36. The molecule has 1 unspecified atom stereocenters. The van der Waals surface area contributed by atoms with Crippen LogP contribution < -0.4 is 0 Å². The molecule has 1 atom stereocenters. The van der Waals surface area contributed by atoms with E-state index in [1.165, 1.54) is 24.3 Å². The Labute approximate surface area is 273 Å². The van der Waals surface area contributed by atoms with Gasteiger partial charge < -0.3 is 14.2 Å². The van der Waals surface area contributed by atoms with E-state index in [1.807, 2.05) is 6.08 Å². The number of esters is 3. The number of ether oxygens (including phenoxy) is 3. The minimum atomic E-state index is -0.959. The van der Waals surface area contributed by atoms with Gasteiger partial charge in [0.25, 0.3) is 5.78 Å². The van der Waals surface area contributed by atoms with Crippen LogP contribution in [0.4, 0.5) is 8.78 Å². The summed E-state index contributed by atoms with van der Waals surface area (Å²) in [5, 5.41) is 0. The molecule has 0 bridgehead atoms. The van der Waals surface area contributed by atoms with Crippen molar-refractivity contribution in [1.82, 2.24) is 0 Å². The maximum atomic E-state index is 12.9. The molecule has 11 heteroatoms. The molecule has 2 saturated carbocycles. The molecule has 0 heterocycles. The number of rotatable bonds is 7. The van der Waals surface area contributed by atoms with Crippen molar-refractivity contribution in [2.45, 2.75) is 65.7 Å². The number of benzene rings is 2. The van der Waals surface area contributed by atoms with E-state index in [0.29, 0.717) is 36.8 Å². The fourth-order valence-electron chi connectivity index (χ4n) is 4.67. The zero-order valence-electron chi connectivity index (χ0n) is 26.9. The van der Waals surface area contributed by atoms with Crippen LogP contribution in [-0.2, 0) is 43.0 Å². The third-order valence-corrected chi connectivity index (χ3v) is 6.96. The normalized spacial score (nSPS) is 17.4. The average Bonchev–Trinajstić information content (AvgIpc) is 3.06. The first-order valence-electron chi connectivity index (χ1n) is 15.5. The summed E-state index contributed by atoms with van der Waals surface area (Å²) >= 11 is 0. The van der Waals surface area contributed by atoms with Crippen molar-refractivity contribution < 1.29 is 51.8 Å². The van der Waals surface area contributed by atoms with Gasteiger partial charge in [-0.1, -0.05) is 24.3 Å². The molecule has 0 spiro atoms. The number of hydrogen-bond donors (Lipinski definition) is 0. The van der Waals surface area contributed by atoms with Crippen LogP contribution in [0.5, 0.6) is 0 Å². The first kappa shape index (κ1) is 38.4. The van der Waals surface area contributed by atoms with Gasteiger partial charge in [0.15, 0.2) is 11.6 Å². The summed E-state index contributed by atoms with van der Waals surface area (Å²) in [4.78, 5) is 68.2. The van der Waals surface area contributed by atoms with Crippen molar-refractivity contribution in [3.63, 3.8) is 0 Å². The SMILES string of the molecule is CCOC(=O)C(=O)C1CCC/C(=C\c2ccc(F)cc2)C1=O.CCOC(=O)C(=O)OCC.O=C1CCCC/C1=C\c1ccc(F)cc1. The molecular weight excluding hydrogens is 614 g/mol. The summed E-state index contributed by atoms with van der Waals surface area (Å²) in [6.07, 6.45) is 8.67. The van der Waals surface area contributed by atoms with E-state index >= 15 is 0 Å². The lowest BCUT2D eigenvalue weighted by Crippen LogP contribution is -2.34. The van der Waals surface area contributed by atoms with Crippen molar-refractivity contribution in [1.29, 1.82) is 0 Å². The van der Waals surface area contributed by atoms with E-state index in [9.17, 15) is 37.5 Å². The van der Waals surface area contributed by atoms with Crippen molar-refractivity contribution in [3.05, 3.63) is 82.4 Å². The quantitative estimate of drug-likeness (QED) is 0.113. The van der Waals surface area contributed by atoms with E-state index in [1.54, 1.807) is 51.1 Å². The molecule has 0 radical (unpaired) electrons. The van der Waals surface area contributed by atoms with Gasteiger partial charge in [0.2, 0.25) is 0 Å². The van der Waals surface area contributed by atoms with E-state index < -0.39 is 29.6 Å². The molecule has 9 nitrogen and oxygen atoms in total. The van der Waals surface area contributed by atoms with Crippen LogP contribution in [0.3, 0.4) is 0 Å². The topological polar surface area (TPSA) is 130 Å². The standard InChI is InChI=1S/C17H17FO4.C13H13FO.C6H10O4/c1-2-22-17(21)16(20)14-5-3-4-12(15(14)19)10-11-6-8-13(18)9-7-11;14-12-7-5-10(6-8-12)9-11-3-1-2-4-13(11)15;1-3-9-5(7)6(8)10-4-2/h6-10,14H,2-5H2,1H3;5-9H,1-4H2;3-4H2,1-2H3/b12-10+;11-9+;. The second-order valence-corrected chi connectivity index (χ2v) is 10.4. The van der Waals surface area contributed by atoms with Gasteiger partial charge in [-0.2, -0.15) is 0 Å². The van der Waals surface area contributed by atoms with Crippen LogP contribution in [0.2, 0.25) is 0 Å². The lowest BCUT2D eigenvalue weighted by atomic mass is 9.81. The predicted octanol–water partition coefficient (Wildman–Crippen LogP) is 6.18. The number of Topliss-reactive ketones (excluding diaryl/α,β-unsaturated/α-hetero) is 3. The first-order chi connectivity index (χ1) is 22.5. The predicted molar refractivity (Wildman–Crippen MR) is 169 cm³/mol. The Balaban J connectivity index is 0.000000266. The Morgan fingerprint density at radius 3 is 1.53 bits per heavy atom. The zero-order valence-corrected chi connectivity index (χ0v) is 26.9. The Hall–Kier alpha value is -4.80. The molecule has 0 saturated heterocycles. The Morgan fingerprint density at radius 2 is 1.06 bits per heavy atom. The molecule has 0 amide bonds. The Kier molecular flexibility index (Phi) is 16.6. The molecule has 2 aromatic rings. The molecule has 252 valence electrons. The third kappa shape index (κ3) is 13.2. The fraction of sp³-hybridized carbons (Fsp3) is 0.389. The van der Waals surface area contributed by atoms with Gasteiger partial charge in [-0.05, 0) is 118 Å². The second kappa shape index (κ2) is 20.3. The highest BCUT2D eigenvalue weighted by molar-refractivity contribution is 6.39. The molecule has 2 fully saturated rings. The van der Waals surface area contributed by atoms with Crippen molar-refractivity contribution >= 4 is 47.4 Å². The highest BCUT2D eigenvalue weighted by atomic mass is 19.1. The Bertz CT molecular complexity index is 1440. The maximum Gasteiger partial charge on any atom is 0.417 e. The van der Waals surface area contributed by atoms with Crippen molar-refractivity contribution in [2.24, 2.45) is 5.92 Å². The van der Waals surface area contributed by atoms with E-state index in [2.05, 4.69) is 14.2 Å². The zero-order chi connectivity index (χ0) is 34.8. The maximum absolute atomic E-state index is 12.9. The highest BCUT2D eigenvalue weighted by Crippen LogP contribution is 2.28. The molecule has 0 N–H and O–H groups in total. The summed E-state index contributed by atoms with van der Waals surface area (Å²) in [7, 11) is 0. The van der Waals surface area contributed by atoms with Crippen LogP contribution in [-0.4, -0.2) is 55.1 Å². The van der Waals surface area contributed by atoms with Gasteiger partial charge >= 0.3 is 17.9 Å². The number of ketones is 3. The van der Waals surface area contributed by atoms with Gasteiger partial charge in [0.1, 0.15) is 11.6 Å². The van der Waals surface area contributed by atoms with Gasteiger partial charge in [-0.15, -0.1) is 0 Å². The number of carbonyl (C=O) groups is 6. The van der Waals surface area contributed by atoms with Gasteiger partial charge in [0, 0.05) is 6.42 Å². The smallest absolute Gasteiger partial charge is 0.417 e. The molecule has 4 rings (SSSR count). The lowest BCUT2D eigenvalue weighted by molar-refractivity contribution is -0.167. The third-order valence-electron chi connectivity index (χ3n) is 6.96. The minimum Gasteiger partial charge on any atom is -0.460 e. The molecule has 47 heavy (non-hydrogen) atoms. The number of allylic oxidation sites excluding steroid dienone is 2. The summed E-state index contributed by atoms with van der Waals surface area (Å²) in [6, 6.07) is 12.0. The fourth-order valence-corrected chi connectivity index (χ4v) is 4.67. The number of halogens is 2. The van der Waals surface area contributed by atoms with Crippen LogP contribution in [0.1, 0.15) is 76.8 Å². The molecule has 2 aromatic carbocycles. The van der Waals surface area contributed by atoms with Crippen LogP contribution in [0.25, 0.3) is 12.2 Å². The van der Waals surface area contributed by atoms with Crippen molar-refractivity contribution in [2.75, 3.05) is 19.8 Å². The molecule has 0 aliphatic heterocycles. The van der Waals surface area contributed by atoms with Gasteiger partial charge in [-0.25, -0.2) is 23.2 Å². The summed E-state index contributed by atoms with van der Waals surface area (Å²) in [6.45, 7) is 5.33. The number of hydrogen-bond acceptors (Lipinski definition) is 9. The minimum absolute atomic E-state index is 0.101. The monoisotopic (exact) mass is 654 g/mol. The number of carbonyl (C=O) groups excluding carboxylic acids is 6. The van der Waals surface area contributed by atoms with Gasteiger partial charge in [-0.3, -0.25) is 14.4 Å². The van der Waals surface area contributed by atoms with Crippen LogP contribution in [0.15, 0.2) is 59.7 Å². The summed E-state index contributed by atoms with van der Waals surface area (Å²) < 4.78 is 38.9. The summed E-state index contributed by atoms with van der Waals surface area (Å²) in [5.41, 5.74) is 2.96. The summed E-state index contributed by atoms with van der Waals surface area (Å²) in [5.74, 6) is -5.24.